The molecule has 3 aromatic rings. The number of rotatable bonds is 7. The van der Waals surface area contributed by atoms with E-state index in [0.717, 1.165) is 16.8 Å². The van der Waals surface area contributed by atoms with Gasteiger partial charge in [0.1, 0.15) is 12.1 Å². The Morgan fingerprint density at radius 3 is 2.45 bits per heavy atom. The minimum Gasteiger partial charge on any atom is -0.434 e. The van der Waals surface area contributed by atoms with Gasteiger partial charge in [0.05, 0.1) is 4.92 Å². The van der Waals surface area contributed by atoms with Gasteiger partial charge in [-0.15, -0.1) is 0 Å². The number of aryl methyl sites for hydroxylation is 1. The van der Waals surface area contributed by atoms with Crippen molar-refractivity contribution < 1.29 is 9.66 Å². The van der Waals surface area contributed by atoms with Crippen LogP contribution < -0.4 is 9.64 Å². The number of nitro groups is 1. The molecule has 150 valence electrons. The summed E-state index contributed by atoms with van der Waals surface area (Å²) in [6.07, 6.45) is 1.29. The van der Waals surface area contributed by atoms with Crippen molar-refractivity contribution in [2.75, 3.05) is 11.4 Å². The number of benzene rings is 2. The molecule has 7 nitrogen and oxygen atoms in total. The molecule has 3 rings (SSSR count). The van der Waals surface area contributed by atoms with Gasteiger partial charge < -0.3 is 9.64 Å². The van der Waals surface area contributed by atoms with Crippen LogP contribution in [0.2, 0.25) is 0 Å². The van der Waals surface area contributed by atoms with E-state index < -0.39 is 4.92 Å². The molecular formula is C22H24N4O3. The molecule has 1 heterocycles. The number of hydrogen-bond donors (Lipinski definition) is 0. The van der Waals surface area contributed by atoms with Crippen molar-refractivity contribution in [3.63, 3.8) is 0 Å². The van der Waals surface area contributed by atoms with Crippen LogP contribution in [0.1, 0.15) is 37.8 Å². The maximum Gasteiger partial charge on any atom is 0.373 e. The monoisotopic (exact) mass is 392 g/mol. The van der Waals surface area contributed by atoms with Crippen molar-refractivity contribution in [1.82, 2.24) is 9.97 Å². The van der Waals surface area contributed by atoms with E-state index in [1.54, 1.807) is 17.0 Å². The van der Waals surface area contributed by atoms with Crippen molar-refractivity contribution in [2.45, 2.75) is 33.6 Å². The summed E-state index contributed by atoms with van der Waals surface area (Å²) in [4.78, 5) is 21.4. The summed E-state index contributed by atoms with van der Waals surface area (Å²) in [6, 6.07) is 15.2. The number of anilines is 2. The van der Waals surface area contributed by atoms with Crippen LogP contribution in [0.3, 0.4) is 0 Å². The summed E-state index contributed by atoms with van der Waals surface area (Å²) in [5.74, 6) is 0.993. The Kier molecular flexibility index (Phi) is 6.07. The highest BCUT2D eigenvalue weighted by Crippen LogP contribution is 2.39. The molecule has 2 aromatic carbocycles. The summed E-state index contributed by atoms with van der Waals surface area (Å²) < 4.78 is 5.78. The molecule has 7 heteroatoms. The molecule has 0 fully saturated rings. The molecule has 0 aliphatic rings. The van der Waals surface area contributed by atoms with Crippen LogP contribution in [0.5, 0.6) is 11.6 Å². The molecule has 0 unspecified atom stereocenters. The van der Waals surface area contributed by atoms with Crippen LogP contribution in [0.25, 0.3) is 0 Å². The zero-order valence-electron chi connectivity index (χ0n) is 17.0. The first kappa shape index (κ1) is 20.3. The summed E-state index contributed by atoms with van der Waals surface area (Å²) in [6.45, 7) is 8.59. The van der Waals surface area contributed by atoms with E-state index in [1.165, 1.54) is 6.33 Å². The van der Waals surface area contributed by atoms with Crippen molar-refractivity contribution in [3.05, 3.63) is 76.1 Å². The zero-order chi connectivity index (χ0) is 21.0. The maximum atomic E-state index is 11.9. The summed E-state index contributed by atoms with van der Waals surface area (Å²) >= 11 is 0. The maximum absolute atomic E-state index is 11.9. The van der Waals surface area contributed by atoms with E-state index in [9.17, 15) is 10.1 Å². The van der Waals surface area contributed by atoms with Crippen LogP contribution >= 0.6 is 0 Å². The average molecular weight is 392 g/mol. The average Bonchev–Trinajstić information content (AvgIpc) is 2.69. The van der Waals surface area contributed by atoms with Crippen LogP contribution in [-0.4, -0.2) is 21.4 Å². The molecule has 0 radical (unpaired) electrons. The van der Waals surface area contributed by atoms with E-state index in [4.69, 9.17) is 4.74 Å². The number of nitrogens with zero attached hydrogens (tertiary/aromatic N) is 4. The van der Waals surface area contributed by atoms with Crippen molar-refractivity contribution >= 4 is 17.2 Å². The zero-order valence-corrected chi connectivity index (χ0v) is 17.0. The van der Waals surface area contributed by atoms with Crippen LogP contribution in [-0.2, 0) is 0 Å². The second-order valence-electron chi connectivity index (χ2n) is 7.02. The Labute approximate surface area is 170 Å². The lowest BCUT2D eigenvalue weighted by Crippen LogP contribution is -2.19. The highest BCUT2D eigenvalue weighted by Gasteiger charge is 2.29. The first-order chi connectivity index (χ1) is 13.9. The smallest absolute Gasteiger partial charge is 0.373 e. The van der Waals surface area contributed by atoms with Gasteiger partial charge in [-0.3, -0.25) is 10.1 Å². The number of aromatic nitrogens is 2. The summed E-state index contributed by atoms with van der Waals surface area (Å²) in [5, 5.41) is 11.9. The fourth-order valence-electron chi connectivity index (χ4n) is 3.07. The normalized spacial score (nSPS) is 10.8. The molecule has 0 atom stereocenters. The third-order valence-corrected chi connectivity index (χ3v) is 4.60. The summed E-state index contributed by atoms with van der Waals surface area (Å²) in [5.41, 5.74) is 2.77. The van der Waals surface area contributed by atoms with Gasteiger partial charge in [0.25, 0.3) is 0 Å². The number of ether oxygens (including phenoxy) is 1. The fourth-order valence-corrected chi connectivity index (χ4v) is 3.07. The highest BCUT2D eigenvalue weighted by molar-refractivity contribution is 5.71. The van der Waals surface area contributed by atoms with E-state index in [2.05, 4.69) is 23.8 Å². The van der Waals surface area contributed by atoms with Gasteiger partial charge in [-0.1, -0.05) is 38.1 Å². The van der Waals surface area contributed by atoms with Gasteiger partial charge in [0.15, 0.2) is 0 Å². The quantitative estimate of drug-likeness (QED) is 0.375. The van der Waals surface area contributed by atoms with E-state index in [-0.39, 0.29) is 17.4 Å². The van der Waals surface area contributed by atoms with E-state index >= 15 is 0 Å². The van der Waals surface area contributed by atoms with Crippen molar-refractivity contribution in [3.8, 4) is 11.6 Å². The molecule has 29 heavy (non-hydrogen) atoms. The first-order valence-electron chi connectivity index (χ1n) is 9.52. The topological polar surface area (TPSA) is 81.4 Å². The Bertz CT molecular complexity index is 1000. The molecule has 0 aliphatic heterocycles. The molecule has 0 saturated heterocycles. The van der Waals surface area contributed by atoms with Crippen molar-refractivity contribution in [1.29, 1.82) is 0 Å². The minimum atomic E-state index is -0.494. The fraction of sp³-hybridized carbons (Fsp3) is 0.273. The third kappa shape index (κ3) is 4.51. The van der Waals surface area contributed by atoms with Gasteiger partial charge in [-0.25, -0.2) is 4.98 Å². The molecule has 0 bridgehead atoms. The largest absolute Gasteiger partial charge is 0.434 e. The third-order valence-electron chi connectivity index (χ3n) is 4.60. The lowest BCUT2D eigenvalue weighted by atomic mass is 10.0. The Morgan fingerprint density at radius 1 is 1.14 bits per heavy atom. The van der Waals surface area contributed by atoms with Crippen LogP contribution in [0, 0.1) is 17.0 Å². The van der Waals surface area contributed by atoms with Crippen molar-refractivity contribution in [2.24, 2.45) is 0 Å². The lowest BCUT2D eigenvalue weighted by Gasteiger charge is -2.22. The molecule has 0 amide bonds. The van der Waals surface area contributed by atoms with Gasteiger partial charge >= 0.3 is 11.6 Å². The predicted molar refractivity (Wildman–Crippen MR) is 113 cm³/mol. The SMILES string of the molecule is CCN(c1cccc(C)c1)c1ncnc(Oc2ccc(C(C)C)cc2)c1[N+](=O)[O-]. The van der Waals surface area contributed by atoms with Gasteiger partial charge in [0, 0.05) is 12.2 Å². The lowest BCUT2D eigenvalue weighted by molar-refractivity contribution is -0.385. The molecule has 0 spiro atoms. The minimum absolute atomic E-state index is 0.0802. The van der Waals surface area contributed by atoms with Gasteiger partial charge in [0.2, 0.25) is 5.82 Å². The number of hydrogen-bond acceptors (Lipinski definition) is 6. The van der Waals surface area contributed by atoms with Crippen LogP contribution in [0.15, 0.2) is 54.9 Å². The summed E-state index contributed by atoms with van der Waals surface area (Å²) in [7, 11) is 0. The van der Waals surface area contributed by atoms with Gasteiger partial charge in [-0.05, 0) is 55.2 Å². The molecule has 0 N–H and O–H groups in total. The second-order valence-corrected chi connectivity index (χ2v) is 7.02. The Hall–Kier alpha value is -3.48. The molecular weight excluding hydrogens is 368 g/mol. The van der Waals surface area contributed by atoms with Gasteiger partial charge in [-0.2, -0.15) is 4.98 Å². The predicted octanol–water partition coefficient (Wildman–Crippen LogP) is 5.77. The molecule has 0 saturated carbocycles. The molecule has 0 aliphatic carbocycles. The Balaban J connectivity index is 2.02. The van der Waals surface area contributed by atoms with E-state index in [1.807, 2.05) is 50.2 Å². The Morgan fingerprint density at radius 2 is 1.86 bits per heavy atom. The second kappa shape index (κ2) is 8.68. The first-order valence-corrected chi connectivity index (χ1v) is 9.52. The standard InChI is InChI=1S/C22H24N4O3/c1-5-25(18-8-6-7-16(4)13-18)21-20(26(27)28)22(24-14-23-21)29-19-11-9-17(10-12-19)15(2)3/h6-15H,5H2,1-4H3. The highest BCUT2D eigenvalue weighted by atomic mass is 16.6. The van der Waals surface area contributed by atoms with Crippen LogP contribution in [0.4, 0.5) is 17.2 Å². The molecule has 1 aromatic heterocycles. The van der Waals surface area contributed by atoms with E-state index in [0.29, 0.717) is 18.2 Å².